The molecule has 1 atom stereocenters. The van der Waals surface area contributed by atoms with E-state index in [1.54, 1.807) is 0 Å². The summed E-state index contributed by atoms with van der Waals surface area (Å²) in [6.07, 6.45) is 5.43. The van der Waals surface area contributed by atoms with Gasteiger partial charge in [-0.1, -0.05) is 20.8 Å². The van der Waals surface area contributed by atoms with Gasteiger partial charge in [0.15, 0.2) is 0 Å². The van der Waals surface area contributed by atoms with Gasteiger partial charge in [0.1, 0.15) is 0 Å². The summed E-state index contributed by atoms with van der Waals surface area (Å²) in [6.45, 7) is 10.7. The molecule has 1 aliphatic rings. The van der Waals surface area contributed by atoms with Crippen LogP contribution in [0, 0.1) is 11.8 Å². The first-order valence-electron chi connectivity index (χ1n) is 7.05. The van der Waals surface area contributed by atoms with E-state index in [0.717, 1.165) is 11.8 Å². The predicted molar refractivity (Wildman–Crippen MR) is 71.8 cm³/mol. The second-order valence-electron chi connectivity index (χ2n) is 5.75. The Labute approximate surface area is 102 Å². The standard InChI is InChI=1S/C14H30N2/c1-5-14(12(2)3)15-9-6-13-7-10-16(4)11-8-13/h12-15H,5-11H2,1-4H3. The molecule has 1 fully saturated rings. The van der Waals surface area contributed by atoms with Gasteiger partial charge in [0.2, 0.25) is 0 Å². The van der Waals surface area contributed by atoms with E-state index in [1.807, 2.05) is 0 Å². The first-order chi connectivity index (χ1) is 7.63. The Hall–Kier alpha value is -0.0800. The molecule has 96 valence electrons. The van der Waals surface area contributed by atoms with Crippen LogP contribution in [0.2, 0.25) is 0 Å². The van der Waals surface area contributed by atoms with Gasteiger partial charge in [0.05, 0.1) is 0 Å². The molecule has 1 aliphatic heterocycles. The van der Waals surface area contributed by atoms with Crippen molar-refractivity contribution < 1.29 is 0 Å². The summed E-state index contributed by atoms with van der Waals surface area (Å²) in [7, 11) is 2.24. The summed E-state index contributed by atoms with van der Waals surface area (Å²) in [6, 6.07) is 0.714. The molecule has 0 aromatic rings. The number of hydrogen-bond acceptors (Lipinski definition) is 2. The number of nitrogens with one attached hydrogen (secondary N) is 1. The van der Waals surface area contributed by atoms with E-state index in [2.05, 4.69) is 38.0 Å². The molecule has 0 spiro atoms. The Balaban J connectivity index is 2.10. The monoisotopic (exact) mass is 226 g/mol. The van der Waals surface area contributed by atoms with Crippen LogP contribution in [0.3, 0.4) is 0 Å². The van der Waals surface area contributed by atoms with Crippen molar-refractivity contribution in [2.24, 2.45) is 11.8 Å². The number of hydrogen-bond donors (Lipinski definition) is 1. The molecule has 2 heteroatoms. The molecular formula is C14H30N2. The quantitative estimate of drug-likeness (QED) is 0.749. The van der Waals surface area contributed by atoms with Crippen molar-refractivity contribution in [3.8, 4) is 0 Å². The minimum atomic E-state index is 0.714. The zero-order valence-corrected chi connectivity index (χ0v) is 11.6. The Morgan fingerprint density at radius 2 is 1.88 bits per heavy atom. The number of nitrogens with zero attached hydrogens (tertiary/aromatic N) is 1. The van der Waals surface area contributed by atoms with Gasteiger partial charge in [0, 0.05) is 6.04 Å². The maximum atomic E-state index is 3.71. The fourth-order valence-corrected chi connectivity index (χ4v) is 2.68. The largest absolute Gasteiger partial charge is 0.314 e. The summed E-state index contributed by atoms with van der Waals surface area (Å²) >= 11 is 0. The first kappa shape index (κ1) is 14.0. The molecule has 1 unspecified atom stereocenters. The third-order valence-electron chi connectivity index (χ3n) is 4.04. The highest BCUT2D eigenvalue weighted by Crippen LogP contribution is 2.19. The molecular weight excluding hydrogens is 196 g/mol. The van der Waals surface area contributed by atoms with Crippen molar-refractivity contribution in [3.05, 3.63) is 0 Å². The van der Waals surface area contributed by atoms with Crippen LogP contribution in [0.15, 0.2) is 0 Å². The summed E-state index contributed by atoms with van der Waals surface area (Å²) in [5, 5.41) is 3.71. The maximum absolute atomic E-state index is 3.71. The molecule has 0 aliphatic carbocycles. The zero-order chi connectivity index (χ0) is 12.0. The average Bonchev–Trinajstić information content (AvgIpc) is 2.26. The fourth-order valence-electron chi connectivity index (χ4n) is 2.68. The van der Waals surface area contributed by atoms with E-state index >= 15 is 0 Å². The predicted octanol–water partition coefficient (Wildman–Crippen LogP) is 2.74. The van der Waals surface area contributed by atoms with E-state index < -0.39 is 0 Å². The lowest BCUT2D eigenvalue weighted by Crippen LogP contribution is -2.36. The third-order valence-corrected chi connectivity index (χ3v) is 4.04. The summed E-state index contributed by atoms with van der Waals surface area (Å²) in [4.78, 5) is 2.45. The molecule has 16 heavy (non-hydrogen) atoms. The SMILES string of the molecule is CCC(NCCC1CCN(C)CC1)C(C)C. The van der Waals surface area contributed by atoms with Crippen molar-refractivity contribution in [2.75, 3.05) is 26.7 Å². The molecule has 0 bridgehead atoms. The maximum Gasteiger partial charge on any atom is 0.00874 e. The number of likely N-dealkylation sites (tertiary alicyclic amines) is 1. The van der Waals surface area contributed by atoms with E-state index in [9.17, 15) is 0 Å². The van der Waals surface area contributed by atoms with Gasteiger partial charge >= 0.3 is 0 Å². The van der Waals surface area contributed by atoms with Gasteiger partial charge in [-0.3, -0.25) is 0 Å². The molecule has 0 aromatic heterocycles. The highest BCUT2D eigenvalue weighted by atomic mass is 15.1. The van der Waals surface area contributed by atoms with Gasteiger partial charge in [-0.05, 0) is 64.2 Å². The van der Waals surface area contributed by atoms with Crippen LogP contribution in [0.1, 0.15) is 46.5 Å². The van der Waals surface area contributed by atoms with Crippen molar-refractivity contribution in [2.45, 2.75) is 52.5 Å². The second-order valence-corrected chi connectivity index (χ2v) is 5.75. The molecule has 2 nitrogen and oxygen atoms in total. The highest BCUT2D eigenvalue weighted by molar-refractivity contribution is 4.73. The van der Waals surface area contributed by atoms with Crippen LogP contribution >= 0.6 is 0 Å². The van der Waals surface area contributed by atoms with E-state index in [1.165, 1.54) is 45.3 Å². The van der Waals surface area contributed by atoms with Crippen molar-refractivity contribution in [3.63, 3.8) is 0 Å². The van der Waals surface area contributed by atoms with Crippen LogP contribution in [-0.2, 0) is 0 Å². The fraction of sp³-hybridized carbons (Fsp3) is 1.00. The van der Waals surface area contributed by atoms with Gasteiger partial charge in [-0.25, -0.2) is 0 Å². The zero-order valence-electron chi connectivity index (χ0n) is 11.6. The molecule has 0 aromatic carbocycles. The lowest BCUT2D eigenvalue weighted by molar-refractivity contribution is 0.209. The van der Waals surface area contributed by atoms with Gasteiger partial charge < -0.3 is 10.2 Å². The Bertz CT molecular complexity index is 172. The molecule has 1 saturated heterocycles. The van der Waals surface area contributed by atoms with Gasteiger partial charge in [-0.2, -0.15) is 0 Å². The lowest BCUT2D eigenvalue weighted by atomic mass is 9.93. The van der Waals surface area contributed by atoms with Crippen LogP contribution in [0.4, 0.5) is 0 Å². The molecule has 0 saturated carbocycles. The second kappa shape index (κ2) is 7.29. The van der Waals surface area contributed by atoms with Crippen LogP contribution in [-0.4, -0.2) is 37.6 Å². The highest BCUT2D eigenvalue weighted by Gasteiger charge is 2.17. The lowest BCUT2D eigenvalue weighted by Gasteiger charge is -2.29. The van der Waals surface area contributed by atoms with E-state index in [4.69, 9.17) is 0 Å². The topological polar surface area (TPSA) is 15.3 Å². The van der Waals surface area contributed by atoms with Crippen LogP contribution in [0.5, 0.6) is 0 Å². The van der Waals surface area contributed by atoms with Crippen molar-refractivity contribution in [1.82, 2.24) is 10.2 Å². The van der Waals surface area contributed by atoms with Crippen molar-refractivity contribution >= 4 is 0 Å². The smallest absolute Gasteiger partial charge is 0.00874 e. The summed E-state index contributed by atoms with van der Waals surface area (Å²) in [5.74, 6) is 1.73. The summed E-state index contributed by atoms with van der Waals surface area (Å²) < 4.78 is 0. The Morgan fingerprint density at radius 3 is 2.38 bits per heavy atom. The van der Waals surface area contributed by atoms with E-state index in [0.29, 0.717) is 6.04 Å². The number of rotatable bonds is 6. The third kappa shape index (κ3) is 4.84. The molecule has 0 radical (unpaired) electrons. The van der Waals surface area contributed by atoms with Crippen LogP contribution < -0.4 is 5.32 Å². The van der Waals surface area contributed by atoms with Gasteiger partial charge in [0.25, 0.3) is 0 Å². The summed E-state index contributed by atoms with van der Waals surface area (Å²) in [5.41, 5.74) is 0. The normalized spacial score (nSPS) is 21.6. The van der Waals surface area contributed by atoms with Crippen LogP contribution in [0.25, 0.3) is 0 Å². The Kier molecular flexibility index (Phi) is 6.37. The molecule has 1 heterocycles. The first-order valence-corrected chi connectivity index (χ1v) is 7.05. The number of piperidine rings is 1. The molecule has 1 N–H and O–H groups in total. The minimum Gasteiger partial charge on any atom is -0.314 e. The Morgan fingerprint density at radius 1 is 1.25 bits per heavy atom. The molecule has 1 rings (SSSR count). The minimum absolute atomic E-state index is 0.714. The van der Waals surface area contributed by atoms with E-state index in [-0.39, 0.29) is 0 Å². The average molecular weight is 226 g/mol. The van der Waals surface area contributed by atoms with Gasteiger partial charge in [-0.15, -0.1) is 0 Å². The molecule has 0 amide bonds. The van der Waals surface area contributed by atoms with Crippen molar-refractivity contribution in [1.29, 1.82) is 0 Å².